The van der Waals surface area contributed by atoms with E-state index in [1.807, 2.05) is 6.20 Å². The van der Waals surface area contributed by atoms with Gasteiger partial charge >= 0.3 is 0 Å². The molecule has 2 atom stereocenters. The Kier molecular flexibility index (Phi) is 4.29. The van der Waals surface area contributed by atoms with Gasteiger partial charge in [-0.2, -0.15) is 0 Å². The summed E-state index contributed by atoms with van der Waals surface area (Å²) in [4.78, 5) is 11.0. The number of piperidine rings is 1. The summed E-state index contributed by atoms with van der Waals surface area (Å²) in [5.74, 6) is 1.31. The minimum absolute atomic E-state index is 0.560. The zero-order valence-corrected chi connectivity index (χ0v) is 12.4. The third-order valence-electron chi connectivity index (χ3n) is 4.90. The summed E-state index contributed by atoms with van der Waals surface area (Å²) in [5.41, 5.74) is 7.91. The zero-order chi connectivity index (χ0) is 13.9. The zero-order valence-electron chi connectivity index (χ0n) is 12.4. The van der Waals surface area contributed by atoms with Crippen molar-refractivity contribution in [2.75, 3.05) is 19.6 Å². The van der Waals surface area contributed by atoms with E-state index in [0.717, 1.165) is 0 Å². The summed E-state index contributed by atoms with van der Waals surface area (Å²) in [7, 11) is 0. The van der Waals surface area contributed by atoms with Crippen molar-refractivity contribution < 1.29 is 0 Å². The van der Waals surface area contributed by atoms with E-state index in [9.17, 15) is 0 Å². The molecule has 0 spiro atoms. The molecule has 2 saturated heterocycles. The lowest BCUT2D eigenvalue weighted by molar-refractivity contribution is 0.172. The summed E-state index contributed by atoms with van der Waals surface area (Å²) >= 11 is 0. The number of nitrogens with one attached hydrogen (secondary N) is 2. The molecule has 0 amide bonds. The molecule has 110 valence electrons. The lowest BCUT2D eigenvalue weighted by atomic mass is 9.91. The molecule has 0 aromatic carbocycles. The summed E-state index contributed by atoms with van der Waals surface area (Å²) < 4.78 is 0. The van der Waals surface area contributed by atoms with Crippen molar-refractivity contribution in [2.24, 2.45) is 5.92 Å². The normalized spacial score (nSPS) is 32.6. The minimum Gasteiger partial charge on any atom is -0.303 e. The van der Waals surface area contributed by atoms with Crippen LogP contribution >= 0.6 is 0 Å². The van der Waals surface area contributed by atoms with E-state index in [1.165, 1.54) is 38.2 Å². The van der Waals surface area contributed by atoms with Gasteiger partial charge in [-0.3, -0.25) is 10.9 Å². The Balaban J connectivity index is 1.51. The maximum absolute atomic E-state index is 4.41. The number of rotatable bonds is 3. The number of nitrogens with zero attached hydrogens (tertiary/aromatic N) is 3. The minimum atomic E-state index is 0.560. The van der Waals surface area contributed by atoms with Crippen molar-refractivity contribution in [3.8, 4) is 0 Å². The van der Waals surface area contributed by atoms with Crippen LogP contribution < -0.4 is 10.9 Å². The fourth-order valence-corrected chi connectivity index (χ4v) is 3.48. The molecule has 0 aliphatic carbocycles. The predicted octanol–water partition coefficient (Wildman–Crippen LogP) is 1.16. The van der Waals surface area contributed by atoms with Gasteiger partial charge in [-0.05, 0) is 45.8 Å². The summed E-state index contributed by atoms with van der Waals surface area (Å²) in [6.07, 6.45) is 5.95. The monoisotopic (exact) mass is 275 g/mol. The van der Waals surface area contributed by atoms with Crippen molar-refractivity contribution in [2.45, 2.75) is 44.7 Å². The second-order valence-corrected chi connectivity index (χ2v) is 6.24. The second kappa shape index (κ2) is 6.16. The van der Waals surface area contributed by atoms with Gasteiger partial charge in [0.05, 0.1) is 0 Å². The highest BCUT2D eigenvalue weighted by Crippen LogP contribution is 2.27. The van der Waals surface area contributed by atoms with Gasteiger partial charge in [0.1, 0.15) is 6.33 Å². The van der Waals surface area contributed by atoms with Gasteiger partial charge in [-0.1, -0.05) is 0 Å². The maximum atomic E-state index is 4.41. The molecule has 2 aliphatic heterocycles. The fraction of sp³-hybridized carbons (Fsp3) is 0.733. The summed E-state index contributed by atoms with van der Waals surface area (Å²) in [6.45, 7) is 8.11. The average Bonchev–Trinajstić information content (AvgIpc) is 2.81. The van der Waals surface area contributed by atoms with Gasteiger partial charge in [-0.25, -0.2) is 9.97 Å². The molecule has 1 aromatic rings. The number of hydrogen-bond acceptors (Lipinski definition) is 5. The van der Waals surface area contributed by atoms with E-state index in [-0.39, 0.29) is 0 Å². The molecule has 5 nitrogen and oxygen atoms in total. The van der Waals surface area contributed by atoms with Gasteiger partial charge in [-0.15, -0.1) is 0 Å². The van der Waals surface area contributed by atoms with E-state index in [4.69, 9.17) is 0 Å². The van der Waals surface area contributed by atoms with Crippen LogP contribution in [0.15, 0.2) is 18.6 Å². The Morgan fingerprint density at radius 1 is 1.20 bits per heavy atom. The fourth-order valence-electron chi connectivity index (χ4n) is 3.48. The van der Waals surface area contributed by atoms with E-state index in [1.54, 1.807) is 6.33 Å². The van der Waals surface area contributed by atoms with Crippen molar-refractivity contribution in [1.29, 1.82) is 0 Å². The third-order valence-corrected chi connectivity index (χ3v) is 4.90. The average molecular weight is 275 g/mol. The lowest BCUT2D eigenvalue weighted by Crippen LogP contribution is -2.41. The molecule has 0 radical (unpaired) electrons. The molecule has 2 unspecified atom stereocenters. The van der Waals surface area contributed by atoms with Crippen LogP contribution in [0.25, 0.3) is 0 Å². The Bertz CT molecular complexity index is 406. The first-order valence-corrected chi connectivity index (χ1v) is 7.73. The van der Waals surface area contributed by atoms with Crippen LogP contribution in [-0.2, 0) is 0 Å². The van der Waals surface area contributed by atoms with Crippen molar-refractivity contribution in [3.05, 3.63) is 24.3 Å². The first-order chi connectivity index (χ1) is 9.74. The molecular formula is C15H25N5. The Morgan fingerprint density at radius 2 is 1.90 bits per heavy atom. The van der Waals surface area contributed by atoms with Crippen LogP contribution in [-0.4, -0.2) is 46.6 Å². The van der Waals surface area contributed by atoms with Crippen LogP contribution in [0.5, 0.6) is 0 Å². The summed E-state index contributed by atoms with van der Waals surface area (Å²) in [6, 6.07) is 3.18. The SMILES string of the molecule is CC1NNC(C)C1CN1CCC(c2ccncn2)CC1. The molecule has 20 heavy (non-hydrogen) atoms. The number of hydrazine groups is 1. The number of likely N-dealkylation sites (tertiary alicyclic amines) is 1. The first-order valence-electron chi connectivity index (χ1n) is 7.73. The quantitative estimate of drug-likeness (QED) is 0.867. The highest BCUT2D eigenvalue weighted by Gasteiger charge is 2.32. The molecular weight excluding hydrogens is 250 g/mol. The molecule has 5 heteroatoms. The lowest BCUT2D eigenvalue weighted by Gasteiger charge is -2.34. The van der Waals surface area contributed by atoms with Crippen LogP contribution in [0.4, 0.5) is 0 Å². The Labute approximate surface area is 121 Å². The van der Waals surface area contributed by atoms with Gasteiger partial charge in [0, 0.05) is 42.4 Å². The maximum Gasteiger partial charge on any atom is 0.115 e. The first kappa shape index (κ1) is 13.9. The second-order valence-electron chi connectivity index (χ2n) is 6.24. The standard InChI is InChI=1S/C15H25N5/c1-11-14(12(2)19-18-11)9-20-7-4-13(5-8-20)15-3-6-16-10-17-15/h3,6,10-14,18-19H,4-5,7-9H2,1-2H3. The topological polar surface area (TPSA) is 53.1 Å². The van der Waals surface area contributed by atoms with Gasteiger partial charge in [0.15, 0.2) is 0 Å². The number of hydrogen-bond donors (Lipinski definition) is 2. The largest absolute Gasteiger partial charge is 0.303 e. The molecule has 0 saturated carbocycles. The van der Waals surface area contributed by atoms with Crippen LogP contribution in [0, 0.1) is 5.92 Å². The molecule has 3 rings (SSSR count). The highest BCUT2D eigenvalue weighted by atomic mass is 15.4. The van der Waals surface area contributed by atoms with Crippen molar-refractivity contribution in [1.82, 2.24) is 25.7 Å². The van der Waals surface area contributed by atoms with Gasteiger partial charge in [0.2, 0.25) is 0 Å². The van der Waals surface area contributed by atoms with Gasteiger partial charge < -0.3 is 4.90 Å². The van der Waals surface area contributed by atoms with E-state index < -0.39 is 0 Å². The van der Waals surface area contributed by atoms with Gasteiger partial charge in [0.25, 0.3) is 0 Å². The molecule has 0 bridgehead atoms. The third kappa shape index (κ3) is 3.00. The predicted molar refractivity (Wildman–Crippen MR) is 79.1 cm³/mol. The molecule has 3 heterocycles. The molecule has 2 N–H and O–H groups in total. The van der Waals surface area contributed by atoms with E-state index in [0.29, 0.717) is 23.9 Å². The molecule has 2 fully saturated rings. The Morgan fingerprint density at radius 3 is 2.50 bits per heavy atom. The summed E-state index contributed by atoms with van der Waals surface area (Å²) in [5, 5.41) is 0. The van der Waals surface area contributed by atoms with Crippen LogP contribution in [0.3, 0.4) is 0 Å². The van der Waals surface area contributed by atoms with Crippen molar-refractivity contribution >= 4 is 0 Å². The van der Waals surface area contributed by atoms with Crippen molar-refractivity contribution in [3.63, 3.8) is 0 Å². The highest BCUT2D eigenvalue weighted by molar-refractivity contribution is 5.07. The van der Waals surface area contributed by atoms with E-state index in [2.05, 4.69) is 45.6 Å². The van der Waals surface area contributed by atoms with E-state index >= 15 is 0 Å². The molecule has 1 aromatic heterocycles. The smallest absolute Gasteiger partial charge is 0.115 e. The van der Waals surface area contributed by atoms with Crippen LogP contribution in [0.1, 0.15) is 38.3 Å². The van der Waals surface area contributed by atoms with Crippen LogP contribution in [0.2, 0.25) is 0 Å². The molecule has 2 aliphatic rings. The Hall–Kier alpha value is -1.04. The number of aromatic nitrogens is 2.